The third-order valence-corrected chi connectivity index (χ3v) is 7.47. The number of fused-ring (bicyclic) bond motifs is 1. The van der Waals surface area contributed by atoms with Crippen LogP contribution in [0.15, 0.2) is 67.0 Å². The predicted octanol–water partition coefficient (Wildman–Crippen LogP) is 5.65. The van der Waals surface area contributed by atoms with Crippen molar-refractivity contribution in [2.24, 2.45) is 0 Å². The van der Waals surface area contributed by atoms with Crippen LogP contribution >= 0.6 is 36.4 Å². The number of carbonyl (C=O) groups excluding carboxylic acids is 1. The maximum atomic E-state index is 13.8. The molecule has 0 bridgehead atoms. The first-order valence-corrected chi connectivity index (χ1v) is 13.5. The minimum atomic E-state index is -0.265. The number of carbonyl (C=O) groups is 1. The zero-order chi connectivity index (χ0) is 26.6. The molecule has 214 valence electrons. The van der Waals surface area contributed by atoms with Crippen LogP contribution in [0.1, 0.15) is 30.9 Å². The Bertz CT molecular complexity index is 1390. The van der Waals surface area contributed by atoms with E-state index in [1.165, 1.54) is 0 Å². The van der Waals surface area contributed by atoms with E-state index in [-0.39, 0.29) is 49.3 Å². The third-order valence-electron chi connectivity index (χ3n) is 7.21. The summed E-state index contributed by atoms with van der Waals surface area (Å²) >= 11 is 6.12. The number of aromatic amines is 1. The lowest BCUT2D eigenvalue weighted by atomic mass is 9.96. The Hall–Kier alpha value is -2.81. The Balaban J connectivity index is 0.00000220. The quantitative estimate of drug-likeness (QED) is 0.242. The number of hydrogen-bond donors (Lipinski definition) is 3. The Morgan fingerprint density at radius 2 is 1.70 bits per heavy atom. The number of anilines is 1. The fourth-order valence-corrected chi connectivity index (χ4v) is 5.23. The number of hydrogen-bond acceptors (Lipinski definition) is 5. The number of pyridine rings is 1. The van der Waals surface area contributed by atoms with Crippen molar-refractivity contribution in [3.63, 3.8) is 0 Å². The number of aliphatic hydroxyl groups is 1. The Morgan fingerprint density at radius 1 is 1.02 bits per heavy atom. The molecule has 4 aromatic rings. The van der Waals surface area contributed by atoms with Crippen LogP contribution in [0.25, 0.3) is 22.2 Å². The van der Waals surface area contributed by atoms with Crippen LogP contribution in [-0.4, -0.2) is 64.6 Å². The second-order valence-corrected chi connectivity index (χ2v) is 10.5. The van der Waals surface area contributed by atoms with E-state index < -0.39 is 0 Å². The Kier molecular flexibility index (Phi) is 11.3. The molecule has 7 nitrogen and oxygen atoms in total. The van der Waals surface area contributed by atoms with E-state index in [9.17, 15) is 9.90 Å². The standard InChI is InChI=1S/C30H34ClN5O2.2ClH/c1-20(2)33-18-27(23-7-9-24(31)10-8-23)30(38)36-15-13-35(14-16-36)28-25-11-12-32-29(25)34-17-26(28)22-5-3-21(19-37)4-6-22;;/h3-12,17,20,27,33,37H,13-16,18-19H2,1-2H3,(H,32,34);2*1H. The Labute approximate surface area is 252 Å². The zero-order valence-electron chi connectivity index (χ0n) is 22.6. The number of piperazine rings is 1. The van der Waals surface area contributed by atoms with E-state index in [1.807, 2.05) is 65.8 Å². The number of nitrogens with one attached hydrogen (secondary N) is 2. The summed E-state index contributed by atoms with van der Waals surface area (Å²) in [6.07, 6.45) is 3.83. The van der Waals surface area contributed by atoms with Gasteiger partial charge in [0.05, 0.1) is 18.2 Å². The van der Waals surface area contributed by atoms with Crippen molar-refractivity contribution in [2.45, 2.75) is 32.4 Å². The number of aliphatic hydroxyl groups excluding tert-OH is 1. The van der Waals surface area contributed by atoms with Crippen molar-refractivity contribution < 1.29 is 9.90 Å². The van der Waals surface area contributed by atoms with Gasteiger partial charge in [-0.2, -0.15) is 0 Å². The molecule has 2 aromatic carbocycles. The van der Waals surface area contributed by atoms with Crippen LogP contribution in [0, 0.1) is 0 Å². The fraction of sp³-hybridized carbons (Fsp3) is 0.333. The van der Waals surface area contributed by atoms with Gasteiger partial charge in [-0.15, -0.1) is 24.8 Å². The number of benzene rings is 2. The topological polar surface area (TPSA) is 84.5 Å². The SMILES string of the molecule is CC(C)NCC(C(=O)N1CCN(c2c(-c3ccc(CO)cc3)cnc3[nH]ccc23)CC1)c1ccc(Cl)cc1.Cl.Cl. The lowest BCUT2D eigenvalue weighted by molar-refractivity contribution is -0.133. The van der Waals surface area contributed by atoms with Crippen LogP contribution in [0.3, 0.4) is 0 Å². The van der Waals surface area contributed by atoms with Crippen molar-refractivity contribution in [1.29, 1.82) is 0 Å². The van der Waals surface area contributed by atoms with Gasteiger partial charge in [0.2, 0.25) is 5.91 Å². The van der Waals surface area contributed by atoms with E-state index in [4.69, 9.17) is 11.6 Å². The molecule has 1 amide bonds. The largest absolute Gasteiger partial charge is 0.392 e. The summed E-state index contributed by atoms with van der Waals surface area (Å²) in [5, 5.41) is 14.6. The summed E-state index contributed by atoms with van der Waals surface area (Å²) in [4.78, 5) is 26.0. The van der Waals surface area contributed by atoms with Crippen LogP contribution in [-0.2, 0) is 11.4 Å². The molecule has 0 saturated carbocycles. The van der Waals surface area contributed by atoms with Crippen molar-refractivity contribution >= 4 is 59.0 Å². The monoisotopic (exact) mass is 603 g/mol. The number of amides is 1. The smallest absolute Gasteiger partial charge is 0.231 e. The lowest BCUT2D eigenvalue weighted by Gasteiger charge is -2.38. The van der Waals surface area contributed by atoms with Crippen molar-refractivity contribution in [3.05, 3.63) is 83.1 Å². The minimum Gasteiger partial charge on any atom is -0.392 e. The molecule has 1 fully saturated rings. The second kappa shape index (κ2) is 14.2. The van der Waals surface area contributed by atoms with Crippen molar-refractivity contribution in [3.8, 4) is 11.1 Å². The van der Waals surface area contributed by atoms with E-state index in [0.717, 1.165) is 52.1 Å². The summed E-state index contributed by atoms with van der Waals surface area (Å²) in [6, 6.07) is 17.9. The van der Waals surface area contributed by atoms with Gasteiger partial charge < -0.3 is 25.2 Å². The first-order chi connectivity index (χ1) is 18.4. The van der Waals surface area contributed by atoms with Gasteiger partial charge in [-0.25, -0.2) is 4.98 Å². The summed E-state index contributed by atoms with van der Waals surface area (Å²) in [6.45, 7) is 7.51. The van der Waals surface area contributed by atoms with Gasteiger partial charge in [0, 0.05) is 67.1 Å². The number of rotatable bonds is 8. The highest BCUT2D eigenvalue weighted by molar-refractivity contribution is 6.30. The molecule has 3 heterocycles. The van der Waals surface area contributed by atoms with Gasteiger partial charge in [-0.05, 0) is 34.9 Å². The maximum absolute atomic E-state index is 13.8. The molecule has 10 heteroatoms. The van der Waals surface area contributed by atoms with Gasteiger partial charge >= 0.3 is 0 Å². The molecule has 0 spiro atoms. The predicted molar refractivity (Wildman–Crippen MR) is 168 cm³/mol. The Morgan fingerprint density at radius 3 is 2.33 bits per heavy atom. The highest BCUT2D eigenvalue weighted by Gasteiger charge is 2.30. The molecule has 0 radical (unpaired) electrons. The van der Waals surface area contributed by atoms with E-state index >= 15 is 0 Å². The van der Waals surface area contributed by atoms with E-state index in [2.05, 4.69) is 40.1 Å². The molecule has 5 rings (SSSR count). The summed E-state index contributed by atoms with van der Waals surface area (Å²) in [5.74, 6) is -0.124. The van der Waals surface area contributed by atoms with Crippen molar-refractivity contribution in [1.82, 2.24) is 20.2 Å². The number of H-pyrrole nitrogens is 1. The molecule has 1 atom stereocenters. The highest BCUT2D eigenvalue weighted by Crippen LogP contribution is 2.37. The van der Waals surface area contributed by atoms with Crippen LogP contribution in [0.4, 0.5) is 5.69 Å². The van der Waals surface area contributed by atoms with Gasteiger partial charge in [0.25, 0.3) is 0 Å². The average molecular weight is 605 g/mol. The first kappa shape index (κ1) is 31.7. The molecule has 40 heavy (non-hydrogen) atoms. The second-order valence-electron chi connectivity index (χ2n) is 10.1. The number of nitrogens with zero attached hydrogens (tertiary/aromatic N) is 3. The lowest BCUT2D eigenvalue weighted by Crippen LogP contribution is -2.51. The first-order valence-electron chi connectivity index (χ1n) is 13.1. The van der Waals surface area contributed by atoms with Crippen LogP contribution < -0.4 is 10.2 Å². The summed E-state index contributed by atoms with van der Waals surface area (Å²) < 4.78 is 0. The van der Waals surface area contributed by atoms with Crippen LogP contribution in [0.2, 0.25) is 5.02 Å². The molecule has 1 saturated heterocycles. The molecular formula is C30H36Cl3N5O2. The summed E-state index contributed by atoms with van der Waals surface area (Å²) in [5.41, 5.74) is 5.91. The third kappa shape index (κ3) is 6.90. The average Bonchev–Trinajstić information content (AvgIpc) is 3.42. The highest BCUT2D eigenvalue weighted by atomic mass is 35.5. The van der Waals surface area contributed by atoms with Crippen LogP contribution in [0.5, 0.6) is 0 Å². The van der Waals surface area contributed by atoms with E-state index in [1.54, 1.807) is 0 Å². The van der Waals surface area contributed by atoms with E-state index in [0.29, 0.717) is 24.7 Å². The van der Waals surface area contributed by atoms with Gasteiger partial charge in [-0.1, -0.05) is 61.8 Å². The number of halogens is 3. The number of aromatic nitrogens is 2. The zero-order valence-corrected chi connectivity index (χ0v) is 25.0. The van der Waals surface area contributed by atoms with Gasteiger partial charge in [0.15, 0.2) is 0 Å². The molecular weight excluding hydrogens is 569 g/mol. The molecule has 3 N–H and O–H groups in total. The maximum Gasteiger partial charge on any atom is 0.231 e. The van der Waals surface area contributed by atoms with Gasteiger partial charge in [-0.3, -0.25) is 4.79 Å². The molecule has 1 aliphatic rings. The minimum absolute atomic E-state index is 0. The van der Waals surface area contributed by atoms with Gasteiger partial charge in [0.1, 0.15) is 5.65 Å². The molecule has 2 aromatic heterocycles. The fourth-order valence-electron chi connectivity index (χ4n) is 5.10. The summed E-state index contributed by atoms with van der Waals surface area (Å²) in [7, 11) is 0. The normalized spacial score (nSPS) is 14.1. The molecule has 1 aliphatic heterocycles. The molecule has 1 unspecified atom stereocenters. The molecule has 0 aliphatic carbocycles. The van der Waals surface area contributed by atoms with Crippen molar-refractivity contribution in [2.75, 3.05) is 37.6 Å².